The Morgan fingerprint density at radius 1 is 1.28 bits per heavy atom. The molecule has 2 aliphatic heterocycles. The fourth-order valence-corrected chi connectivity index (χ4v) is 4.72. The average molecular weight is 523 g/mol. The smallest absolute Gasteiger partial charge is 0.408 e. The van der Waals surface area contributed by atoms with Crippen molar-refractivity contribution in [2.75, 3.05) is 12.4 Å². The standard InChI is InChI=1S/C19H18Cl3N3O6S/c1-9-7-32-16-12(15(27)25(16)13(9)17(28)29)23-14(26)11(10-5-3-2-4-6-10)24-18(30)31-8-19(20,21)22/h2-6,11-12,16H,7-8H2,1H3,(H,23,26)(H,24,30)(H,28,29)/t11-,12-,16-/m1/s1. The van der Waals surface area contributed by atoms with Crippen LogP contribution in [0.3, 0.4) is 0 Å². The van der Waals surface area contributed by atoms with Crippen LogP contribution in [0.1, 0.15) is 18.5 Å². The van der Waals surface area contributed by atoms with E-state index in [2.05, 4.69) is 10.6 Å². The van der Waals surface area contributed by atoms with Gasteiger partial charge in [-0.3, -0.25) is 14.5 Å². The van der Waals surface area contributed by atoms with Gasteiger partial charge >= 0.3 is 12.1 Å². The first kappa shape index (κ1) is 24.5. The third-order valence-corrected chi connectivity index (χ3v) is 6.43. The van der Waals surface area contributed by atoms with Crippen LogP contribution in [0.25, 0.3) is 0 Å². The molecule has 0 spiro atoms. The van der Waals surface area contributed by atoms with Crippen LogP contribution in [-0.2, 0) is 19.1 Å². The van der Waals surface area contributed by atoms with Crippen LogP contribution in [0.5, 0.6) is 0 Å². The summed E-state index contributed by atoms with van der Waals surface area (Å²) in [5.74, 6) is -2.01. The van der Waals surface area contributed by atoms with Crippen molar-refractivity contribution in [3.8, 4) is 0 Å². The highest BCUT2D eigenvalue weighted by atomic mass is 35.6. The molecule has 1 fully saturated rings. The number of fused-ring (bicyclic) bond motifs is 1. The van der Waals surface area contributed by atoms with Crippen molar-refractivity contribution in [2.45, 2.75) is 28.2 Å². The molecule has 2 heterocycles. The highest BCUT2D eigenvalue weighted by Gasteiger charge is 2.54. The van der Waals surface area contributed by atoms with Crippen LogP contribution < -0.4 is 10.6 Å². The summed E-state index contributed by atoms with van der Waals surface area (Å²) < 4.78 is 3.01. The zero-order valence-electron chi connectivity index (χ0n) is 16.5. The Balaban J connectivity index is 1.73. The number of nitrogens with zero attached hydrogens (tertiary/aromatic N) is 1. The van der Waals surface area contributed by atoms with Gasteiger partial charge in [0.25, 0.3) is 5.91 Å². The lowest BCUT2D eigenvalue weighted by atomic mass is 10.0. The molecule has 1 aromatic rings. The highest BCUT2D eigenvalue weighted by Crippen LogP contribution is 2.40. The number of halogens is 3. The van der Waals surface area contributed by atoms with Gasteiger partial charge in [-0.2, -0.15) is 0 Å². The van der Waals surface area contributed by atoms with Gasteiger partial charge in [0.05, 0.1) is 0 Å². The maximum absolute atomic E-state index is 13.0. The molecule has 13 heteroatoms. The predicted molar refractivity (Wildman–Crippen MR) is 119 cm³/mol. The fraction of sp³-hybridized carbons (Fsp3) is 0.368. The number of carbonyl (C=O) groups excluding carboxylic acids is 3. The molecular weight excluding hydrogens is 505 g/mol. The zero-order valence-corrected chi connectivity index (χ0v) is 19.6. The van der Waals surface area contributed by atoms with Gasteiger partial charge in [0.15, 0.2) is 0 Å². The third-order valence-electron chi connectivity index (χ3n) is 4.68. The van der Waals surface area contributed by atoms with Crippen molar-refractivity contribution in [2.24, 2.45) is 0 Å². The van der Waals surface area contributed by atoms with E-state index in [-0.39, 0.29) is 5.70 Å². The first-order valence-corrected chi connectivity index (χ1v) is 11.4. The van der Waals surface area contributed by atoms with Crippen molar-refractivity contribution in [1.29, 1.82) is 0 Å². The molecule has 3 amide bonds. The number of hydrogen-bond acceptors (Lipinski definition) is 6. The number of nitrogens with one attached hydrogen (secondary N) is 2. The Morgan fingerprint density at radius 2 is 1.94 bits per heavy atom. The van der Waals surface area contributed by atoms with E-state index < -0.39 is 51.7 Å². The normalized spacial score (nSPS) is 21.2. The summed E-state index contributed by atoms with van der Waals surface area (Å²) in [5.41, 5.74) is 0.924. The molecule has 172 valence electrons. The van der Waals surface area contributed by atoms with Crippen LogP contribution >= 0.6 is 46.6 Å². The molecular formula is C19H18Cl3N3O6S. The number of alkyl halides is 3. The van der Waals surface area contributed by atoms with Crippen molar-refractivity contribution in [3.05, 3.63) is 47.2 Å². The van der Waals surface area contributed by atoms with Crippen molar-refractivity contribution in [3.63, 3.8) is 0 Å². The van der Waals surface area contributed by atoms with E-state index in [0.717, 1.165) is 4.90 Å². The van der Waals surface area contributed by atoms with Gasteiger partial charge in [-0.1, -0.05) is 65.1 Å². The first-order valence-electron chi connectivity index (χ1n) is 9.22. The largest absolute Gasteiger partial charge is 0.477 e. The van der Waals surface area contributed by atoms with E-state index in [1.807, 2.05) is 0 Å². The van der Waals surface area contributed by atoms with Gasteiger partial charge in [-0.15, -0.1) is 11.8 Å². The molecule has 3 N–H and O–H groups in total. The highest BCUT2D eigenvalue weighted by molar-refractivity contribution is 8.00. The molecule has 0 aromatic heterocycles. The Hall–Kier alpha value is -2.14. The summed E-state index contributed by atoms with van der Waals surface area (Å²) in [4.78, 5) is 50.5. The van der Waals surface area contributed by atoms with Gasteiger partial charge in [0.1, 0.15) is 29.8 Å². The maximum Gasteiger partial charge on any atom is 0.408 e. The van der Waals surface area contributed by atoms with Crippen molar-refractivity contribution >= 4 is 70.4 Å². The Morgan fingerprint density at radius 3 is 2.53 bits per heavy atom. The monoisotopic (exact) mass is 521 g/mol. The summed E-state index contributed by atoms with van der Waals surface area (Å²) in [5, 5.41) is 13.9. The zero-order chi connectivity index (χ0) is 23.6. The molecule has 0 radical (unpaired) electrons. The Labute approximate surface area is 202 Å². The SMILES string of the molecule is CC1=C(C(=O)O)N2C(=O)[C@@H](NC(=O)[C@H](NC(=O)OCC(Cl)(Cl)Cl)c3ccccc3)[C@H]2SC1. The van der Waals surface area contributed by atoms with E-state index in [1.165, 1.54) is 11.8 Å². The molecule has 3 atom stereocenters. The van der Waals surface area contributed by atoms with Crippen LogP contribution in [0.15, 0.2) is 41.6 Å². The number of rotatable bonds is 6. The second-order valence-corrected chi connectivity index (χ2v) is 10.6. The Kier molecular flexibility index (Phi) is 7.49. The van der Waals surface area contributed by atoms with E-state index in [1.54, 1.807) is 37.3 Å². The lowest BCUT2D eigenvalue weighted by Crippen LogP contribution is -2.71. The first-order chi connectivity index (χ1) is 15.0. The number of ether oxygens (including phenoxy) is 1. The predicted octanol–water partition coefficient (Wildman–Crippen LogP) is 2.58. The van der Waals surface area contributed by atoms with Gasteiger partial charge in [0, 0.05) is 5.75 Å². The maximum atomic E-state index is 13.0. The summed E-state index contributed by atoms with van der Waals surface area (Å²) in [7, 11) is 0. The van der Waals surface area contributed by atoms with E-state index >= 15 is 0 Å². The molecule has 0 aliphatic carbocycles. The minimum Gasteiger partial charge on any atom is -0.477 e. The van der Waals surface area contributed by atoms with Crippen LogP contribution in [0.2, 0.25) is 0 Å². The van der Waals surface area contributed by atoms with Crippen molar-refractivity contribution < 1.29 is 29.0 Å². The molecule has 1 aromatic carbocycles. The number of thioether (sulfide) groups is 1. The molecule has 0 unspecified atom stereocenters. The molecule has 3 rings (SSSR count). The van der Waals surface area contributed by atoms with Crippen LogP contribution in [0, 0.1) is 0 Å². The van der Waals surface area contributed by atoms with Gasteiger partial charge < -0.3 is 20.5 Å². The van der Waals surface area contributed by atoms with Crippen LogP contribution in [0.4, 0.5) is 4.79 Å². The summed E-state index contributed by atoms with van der Waals surface area (Å²) in [6.45, 7) is 1.11. The summed E-state index contributed by atoms with van der Waals surface area (Å²) in [6.07, 6.45) is -0.999. The number of β-lactam (4-membered cyclic amide) rings is 1. The third kappa shape index (κ3) is 5.43. The topological polar surface area (TPSA) is 125 Å². The van der Waals surface area contributed by atoms with E-state index in [9.17, 15) is 24.3 Å². The number of amides is 3. The van der Waals surface area contributed by atoms with Gasteiger partial charge in [-0.25, -0.2) is 9.59 Å². The number of aliphatic carboxylic acids is 1. The molecule has 9 nitrogen and oxygen atoms in total. The van der Waals surface area contributed by atoms with Crippen LogP contribution in [-0.4, -0.2) is 61.5 Å². The number of carboxylic acids is 1. The van der Waals surface area contributed by atoms with Gasteiger partial charge in [0.2, 0.25) is 9.70 Å². The molecule has 0 bridgehead atoms. The fourth-order valence-electron chi connectivity index (χ4n) is 3.26. The lowest BCUT2D eigenvalue weighted by Gasteiger charge is -2.49. The number of carbonyl (C=O) groups is 4. The van der Waals surface area contributed by atoms with E-state index in [4.69, 9.17) is 39.5 Å². The summed E-state index contributed by atoms with van der Waals surface area (Å²) >= 11 is 18.1. The molecule has 32 heavy (non-hydrogen) atoms. The number of benzene rings is 1. The minimum atomic E-state index is -1.82. The van der Waals surface area contributed by atoms with E-state index in [0.29, 0.717) is 16.9 Å². The van der Waals surface area contributed by atoms with Gasteiger partial charge in [-0.05, 0) is 18.1 Å². The lowest BCUT2D eigenvalue weighted by molar-refractivity contribution is -0.151. The second kappa shape index (κ2) is 9.78. The number of carboxylic acid groups (broad SMARTS) is 1. The number of alkyl carbamates (subject to hydrolysis) is 1. The average Bonchev–Trinajstić information content (AvgIpc) is 2.73. The second-order valence-electron chi connectivity index (χ2n) is 7.01. The Bertz CT molecular complexity index is 969. The molecule has 1 saturated heterocycles. The minimum absolute atomic E-state index is 0.0720. The molecule has 2 aliphatic rings. The number of hydrogen-bond donors (Lipinski definition) is 3. The quantitative estimate of drug-likeness (QED) is 0.387. The summed E-state index contributed by atoms with van der Waals surface area (Å²) in [6, 6.07) is 6.14. The van der Waals surface area contributed by atoms with Crippen molar-refractivity contribution in [1.82, 2.24) is 15.5 Å². The molecule has 0 saturated carbocycles.